The molecule has 4 nitrogen and oxygen atoms in total. The Morgan fingerprint density at radius 3 is 2.73 bits per heavy atom. The third kappa shape index (κ3) is 4.48. The van der Waals surface area contributed by atoms with Crippen LogP contribution < -0.4 is 5.32 Å². The van der Waals surface area contributed by atoms with Crippen LogP contribution in [0.25, 0.3) is 0 Å². The van der Waals surface area contributed by atoms with Crippen LogP contribution >= 0.6 is 0 Å². The average Bonchev–Trinajstić information content (AvgIpc) is 2.66. The first-order chi connectivity index (χ1) is 12.5. The number of carbonyl (C=O) groups is 1. The lowest BCUT2D eigenvalue weighted by Crippen LogP contribution is -2.48. The number of piperazine rings is 1. The lowest BCUT2D eigenvalue weighted by molar-refractivity contribution is 0.0629. The van der Waals surface area contributed by atoms with Gasteiger partial charge in [0.2, 0.25) is 0 Å². The molecular weight excluding hydrogens is 331 g/mol. The Morgan fingerprint density at radius 2 is 2.04 bits per heavy atom. The van der Waals surface area contributed by atoms with E-state index < -0.39 is 0 Å². The second-order valence-electron chi connectivity index (χ2n) is 6.83. The highest BCUT2D eigenvalue weighted by atomic mass is 19.1. The van der Waals surface area contributed by atoms with E-state index in [-0.39, 0.29) is 23.9 Å². The lowest BCUT2D eigenvalue weighted by atomic mass is 10.0. The third-order valence-electron chi connectivity index (χ3n) is 4.52. The van der Waals surface area contributed by atoms with Gasteiger partial charge in [0.15, 0.2) is 0 Å². The summed E-state index contributed by atoms with van der Waals surface area (Å²) in [4.78, 5) is 14.8. The second-order valence-corrected chi connectivity index (χ2v) is 6.83. The maximum Gasteiger partial charge on any atom is 0.254 e. The summed E-state index contributed by atoms with van der Waals surface area (Å²) in [6.07, 6.45) is 0.171. The van der Waals surface area contributed by atoms with Gasteiger partial charge in [-0.15, -0.1) is 0 Å². The molecule has 0 aliphatic carbocycles. The van der Waals surface area contributed by atoms with Gasteiger partial charge in [0.05, 0.1) is 18.8 Å². The number of hydrogen-bond donors (Lipinski definition) is 1. The van der Waals surface area contributed by atoms with Crippen LogP contribution in [-0.4, -0.2) is 36.5 Å². The summed E-state index contributed by atoms with van der Waals surface area (Å²) in [5.74, 6) is -0.313. The van der Waals surface area contributed by atoms with Crippen molar-refractivity contribution in [3.8, 4) is 0 Å². The van der Waals surface area contributed by atoms with Crippen molar-refractivity contribution in [1.82, 2.24) is 10.2 Å². The van der Waals surface area contributed by atoms with Gasteiger partial charge in [0.1, 0.15) is 5.82 Å². The van der Waals surface area contributed by atoms with E-state index in [4.69, 9.17) is 4.74 Å². The minimum atomic E-state index is -0.282. The number of nitrogens with zero attached hydrogens (tertiary/aromatic N) is 1. The molecule has 26 heavy (non-hydrogen) atoms. The molecule has 0 aromatic heterocycles. The number of benzene rings is 2. The lowest BCUT2D eigenvalue weighted by Gasteiger charge is -2.36. The number of ether oxygens (including phenoxy) is 1. The van der Waals surface area contributed by atoms with Gasteiger partial charge in [-0.3, -0.25) is 4.79 Å². The Balaban J connectivity index is 1.76. The summed E-state index contributed by atoms with van der Waals surface area (Å²) >= 11 is 0. The smallest absolute Gasteiger partial charge is 0.254 e. The van der Waals surface area contributed by atoms with Crippen LogP contribution in [0.4, 0.5) is 4.39 Å². The summed E-state index contributed by atoms with van der Waals surface area (Å²) in [6.45, 7) is 6.47. The first kappa shape index (κ1) is 18.5. The molecule has 1 unspecified atom stereocenters. The molecule has 2 aromatic rings. The second kappa shape index (κ2) is 8.43. The van der Waals surface area contributed by atoms with E-state index in [9.17, 15) is 9.18 Å². The number of rotatable bonds is 5. The molecule has 0 saturated carbocycles. The Hall–Kier alpha value is -2.24. The highest BCUT2D eigenvalue weighted by molar-refractivity contribution is 5.94. The quantitative estimate of drug-likeness (QED) is 0.891. The fraction of sp³-hybridized carbons (Fsp3) is 0.381. The Bertz CT molecular complexity index is 746. The zero-order valence-corrected chi connectivity index (χ0v) is 15.2. The predicted molar refractivity (Wildman–Crippen MR) is 99.4 cm³/mol. The van der Waals surface area contributed by atoms with Crippen LogP contribution in [0.3, 0.4) is 0 Å². The molecule has 0 bridgehead atoms. The average molecular weight is 356 g/mol. The van der Waals surface area contributed by atoms with Crippen molar-refractivity contribution in [2.75, 3.05) is 19.6 Å². The van der Waals surface area contributed by atoms with Crippen molar-refractivity contribution in [3.05, 3.63) is 71.0 Å². The monoisotopic (exact) mass is 356 g/mol. The van der Waals surface area contributed by atoms with Crippen LogP contribution in [0.15, 0.2) is 48.5 Å². The largest absolute Gasteiger partial charge is 0.374 e. The first-order valence-electron chi connectivity index (χ1n) is 9.02. The van der Waals surface area contributed by atoms with E-state index in [1.807, 2.05) is 49.1 Å². The SMILES string of the molecule is CC(C)OCc1ccc(C(=O)N2CCNCC2c2cccc(F)c2)cc1. The number of nitrogens with one attached hydrogen (secondary N) is 1. The maximum atomic E-state index is 13.6. The molecule has 0 spiro atoms. The fourth-order valence-electron chi connectivity index (χ4n) is 3.13. The van der Waals surface area contributed by atoms with Crippen molar-refractivity contribution in [3.63, 3.8) is 0 Å². The van der Waals surface area contributed by atoms with Gasteiger partial charge in [0, 0.05) is 25.2 Å². The molecule has 1 heterocycles. The summed E-state index contributed by atoms with van der Waals surface area (Å²) in [5.41, 5.74) is 2.49. The van der Waals surface area contributed by atoms with Crippen LogP contribution in [-0.2, 0) is 11.3 Å². The van der Waals surface area contributed by atoms with Crippen LogP contribution in [0.5, 0.6) is 0 Å². The van der Waals surface area contributed by atoms with Crippen molar-refractivity contribution < 1.29 is 13.9 Å². The van der Waals surface area contributed by atoms with Gasteiger partial charge in [0.25, 0.3) is 5.91 Å². The molecule has 5 heteroatoms. The van der Waals surface area contributed by atoms with Gasteiger partial charge in [-0.2, -0.15) is 0 Å². The Labute approximate surface area is 154 Å². The molecule has 1 N–H and O–H groups in total. The van der Waals surface area contributed by atoms with E-state index in [1.165, 1.54) is 12.1 Å². The summed E-state index contributed by atoms with van der Waals surface area (Å²) < 4.78 is 19.2. The molecule has 1 amide bonds. The Morgan fingerprint density at radius 1 is 1.27 bits per heavy atom. The Kier molecular flexibility index (Phi) is 6.01. The maximum absolute atomic E-state index is 13.6. The molecular formula is C21H25FN2O2. The molecule has 1 atom stereocenters. The van der Waals surface area contributed by atoms with Gasteiger partial charge >= 0.3 is 0 Å². The summed E-state index contributed by atoms with van der Waals surface area (Å²) in [7, 11) is 0. The predicted octanol–water partition coefficient (Wildman–Crippen LogP) is 3.54. The van der Waals surface area contributed by atoms with E-state index in [0.29, 0.717) is 25.3 Å². The fourth-order valence-corrected chi connectivity index (χ4v) is 3.13. The van der Waals surface area contributed by atoms with E-state index in [0.717, 1.165) is 17.7 Å². The van der Waals surface area contributed by atoms with Crippen molar-refractivity contribution in [2.24, 2.45) is 0 Å². The number of hydrogen-bond acceptors (Lipinski definition) is 3. The normalized spacial score (nSPS) is 17.5. The standard InChI is InChI=1S/C21H25FN2O2/c1-15(2)26-14-16-6-8-17(9-7-16)21(25)24-11-10-23-13-20(24)18-4-3-5-19(22)12-18/h3-9,12,15,20,23H,10-11,13-14H2,1-2H3. The molecule has 3 rings (SSSR count). The van der Waals surface area contributed by atoms with E-state index in [1.54, 1.807) is 6.07 Å². The zero-order valence-electron chi connectivity index (χ0n) is 15.2. The minimum Gasteiger partial charge on any atom is -0.374 e. The third-order valence-corrected chi connectivity index (χ3v) is 4.52. The minimum absolute atomic E-state index is 0.0305. The molecule has 2 aromatic carbocycles. The van der Waals surface area contributed by atoms with Gasteiger partial charge in [-0.25, -0.2) is 4.39 Å². The van der Waals surface area contributed by atoms with E-state index in [2.05, 4.69) is 5.32 Å². The van der Waals surface area contributed by atoms with Crippen molar-refractivity contribution >= 4 is 5.91 Å². The van der Waals surface area contributed by atoms with Gasteiger partial charge in [-0.05, 0) is 49.2 Å². The summed E-state index contributed by atoms with van der Waals surface area (Å²) in [6, 6.07) is 13.8. The van der Waals surface area contributed by atoms with Crippen LogP contribution in [0.1, 0.15) is 41.4 Å². The van der Waals surface area contributed by atoms with Gasteiger partial charge < -0.3 is 15.0 Å². The molecule has 1 aliphatic heterocycles. The summed E-state index contributed by atoms with van der Waals surface area (Å²) in [5, 5.41) is 3.29. The molecule has 1 fully saturated rings. The van der Waals surface area contributed by atoms with Crippen LogP contribution in [0.2, 0.25) is 0 Å². The molecule has 1 saturated heterocycles. The van der Waals surface area contributed by atoms with E-state index >= 15 is 0 Å². The molecule has 0 radical (unpaired) electrons. The number of halogens is 1. The topological polar surface area (TPSA) is 41.6 Å². The molecule has 1 aliphatic rings. The zero-order chi connectivity index (χ0) is 18.5. The highest BCUT2D eigenvalue weighted by Crippen LogP contribution is 2.25. The van der Waals surface area contributed by atoms with Gasteiger partial charge in [-0.1, -0.05) is 24.3 Å². The van der Waals surface area contributed by atoms with Crippen molar-refractivity contribution in [2.45, 2.75) is 32.6 Å². The van der Waals surface area contributed by atoms with Crippen molar-refractivity contribution in [1.29, 1.82) is 0 Å². The first-order valence-corrected chi connectivity index (χ1v) is 9.02. The number of carbonyl (C=O) groups excluding carboxylic acids is 1. The number of amides is 1. The molecule has 138 valence electrons. The highest BCUT2D eigenvalue weighted by Gasteiger charge is 2.28. The van der Waals surface area contributed by atoms with Crippen LogP contribution in [0, 0.1) is 5.82 Å².